The van der Waals surface area contributed by atoms with E-state index >= 15 is 0 Å². The third-order valence-corrected chi connectivity index (χ3v) is 2.82. The van der Waals surface area contributed by atoms with Crippen LogP contribution in [-0.4, -0.2) is 19.8 Å². The molecular formula is C14H19Cl2NO2. The van der Waals surface area contributed by atoms with Crippen LogP contribution in [0.15, 0.2) is 22.7 Å². The van der Waals surface area contributed by atoms with Gasteiger partial charge in [-0.25, -0.2) is 0 Å². The van der Waals surface area contributed by atoms with Crippen LogP contribution in [0.3, 0.4) is 0 Å². The Morgan fingerprint density at radius 2 is 1.84 bits per heavy atom. The van der Waals surface area contributed by atoms with Crippen molar-refractivity contribution in [2.45, 2.75) is 20.3 Å². The Hall–Kier alpha value is -0.900. The standard InChI is InChI=1S/C14H19Cl2NO2/c1-10-8-12(18-7-4-13(15)16)9-11(2)14(10)19-6-3-5-17/h4,8-9H,3,5-7,17H2,1-2H3. The van der Waals surface area contributed by atoms with Crippen LogP contribution < -0.4 is 15.2 Å². The van der Waals surface area contributed by atoms with Crippen molar-refractivity contribution in [3.8, 4) is 11.5 Å². The molecule has 0 aliphatic rings. The minimum Gasteiger partial charge on any atom is -0.493 e. The smallest absolute Gasteiger partial charge is 0.125 e. The van der Waals surface area contributed by atoms with Crippen LogP contribution in [0.5, 0.6) is 11.5 Å². The van der Waals surface area contributed by atoms with Crippen molar-refractivity contribution < 1.29 is 9.47 Å². The Morgan fingerprint density at radius 3 is 2.37 bits per heavy atom. The molecule has 0 amide bonds. The van der Waals surface area contributed by atoms with E-state index in [4.69, 9.17) is 38.4 Å². The monoisotopic (exact) mass is 303 g/mol. The van der Waals surface area contributed by atoms with Gasteiger partial charge in [-0.05, 0) is 56.1 Å². The molecule has 0 aromatic heterocycles. The van der Waals surface area contributed by atoms with E-state index in [9.17, 15) is 0 Å². The summed E-state index contributed by atoms with van der Waals surface area (Å²) >= 11 is 11.0. The van der Waals surface area contributed by atoms with Gasteiger partial charge < -0.3 is 15.2 Å². The van der Waals surface area contributed by atoms with Gasteiger partial charge in [0, 0.05) is 0 Å². The third kappa shape index (κ3) is 5.72. The second-order valence-corrected chi connectivity index (χ2v) is 5.19. The van der Waals surface area contributed by atoms with Gasteiger partial charge in [-0.1, -0.05) is 23.2 Å². The van der Waals surface area contributed by atoms with Gasteiger partial charge in [-0.15, -0.1) is 0 Å². The highest BCUT2D eigenvalue weighted by Gasteiger charge is 2.07. The zero-order chi connectivity index (χ0) is 14.3. The summed E-state index contributed by atoms with van der Waals surface area (Å²) in [4.78, 5) is 0. The van der Waals surface area contributed by atoms with E-state index in [0.29, 0.717) is 19.8 Å². The van der Waals surface area contributed by atoms with Crippen molar-refractivity contribution in [1.82, 2.24) is 0 Å². The van der Waals surface area contributed by atoms with E-state index in [2.05, 4.69) is 0 Å². The van der Waals surface area contributed by atoms with Gasteiger partial charge in [0.1, 0.15) is 22.6 Å². The molecule has 0 fully saturated rings. The lowest BCUT2D eigenvalue weighted by atomic mass is 10.1. The molecule has 0 aliphatic heterocycles. The van der Waals surface area contributed by atoms with Crippen LogP contribution in [-0.2, 0) is 0 Å². The summed E-state index contributed by atoms with van der Waals surface area (Å²) in [5.41, 5.74) is 7.52. The van der Waals surface area contributed by atoms with E-state index in [1.54, 1.807) is 6.08 Å². The van der Waals surface area contributed by atoms with E-state index in [-0.39, 0.29) is 4.49 Å². The molecule has 0 aliphatic carbocycles. The van der Waals surface area contributed by atoms with E-state index in [1.165, 1.54) is 0 Å². The van der Waals surface area contributed by atoms with Gasteiger partial charge in [0.05, 0.1) is 6.61 Å². The molecule has 0 heterocycles. The number of hydrogen-bond donors (Lipinski definition) is 1. The summed E-state index contributed by atoms with van der Waals surface area (Å²) < 4.78 is 11.5. The van der Waals surface area contributed by atoms with Crippen molar-refractivity contribution in [2.75, 3.05) is 19.8 Å². The Kier molecular flexibility index (Phi) is 7.06. The molecule has 106 valence electrons. The van der Waals surface area contributed by atoms with Crippen LogP contribution >= 0.6 is 23.2 Å². The maximum absolute atomic E-state index is 5.72. The first-order valence-electron chi connectivity index (χ1n) is 6.12. The third-order valence-electron chi connectivity index (χ3n) is 2.52. The normalized spacial score (nSPS) is 10.2. The highest BCUT2D eigenvalue weighted by Crippen LogP contribution is 2.28. The molecule has 0 saturated carbocycles. The Bertz CT molecular complexity index is 420. The minimum absolute atomic E-state index is 0.204. The van der Waals surface area contributed by atoms with Crippen molar-refractivity contribution >= 4 is 23.2 Å². The van der Waals surface area contributed by atoms with Crippen molar-refractivity contribution in [3.63, 3.8) is 0 Å². The summed E-state index contributed by atoms with van der Waals surface area (Å²) in [6, 6.07) is 3.86. The fourth-order valence-electron chi connectivity index (χ4n) is 1.68. The fraction of sp³-hybridized carbons (Fsp3) is 0.429. The molecular weight excluding hydrogens is 285 g/mol. The summed E-state index contributed by atoms with van der Waals surface area (Å²) in [6.45, 7) is 5.58. The van der Waals surface area contributed by atoms with E-state index in [0.717, 1.165) is 29.0 Å². The van der Waals surface area contributed by atoms with Gasteiger partial charge in [-0.3, -0.25) is 0 Å². The predicted molar refractivity (Wildman–Crippen MR) is 80.4 cm³/mol. The average Bonchev–Trinajstić information content (AvgIpc) is 2.32. The van der Waals surface area contributed by atoms with Crippen LogP contribution in [0.4, 0.5) is 0 Å². The number of nitrogens with two attached hydrogens (primary N) is 1. The van der Waals surface area contributed by atoms with Gasteiger partial charge in [-0.2, -0.15) is 0 Å². The zero-order valence-corrected chi connectivity index (χ0v) is 12.7. The van der Waals surface area contributed by atoms with E-state index < -0.39 is 0 Å². The molecule has 1 aromatic rings. The second-order valence-electron chi connectivity index (χ2n) is 4.18. The van der Waals surface area contributed by atoms with Crippen LogP contribution in [0.1, 0.15) is 17.5 Å². The maximum Gasteiger partial charge on any atom is 0.125 e. The van der Waals surface area contributed by atoms with Crippen molar-refractivity contribution in [3.05, 3.63) is 33.8 Å². The number of halogens is 2. The number of benzene rings is 1. The van der Waals surface area contributed by atoms with Gasteiger partial charge >= 0.3 is 0 Å². The number of ether oxygens (including phenoxy) is 2. The Morgan fingerprint density at radius 1 is 1.21 bits per heavy atom. The van der Waals surface area contributed by atoms with Gasteiger partial charge in [0.25, 0.3) is 0 Å². The topological polar surface area (TPSA) is 44.5 Å². The first-order valence-corrected chi connectivity index (χ1v) is 6.88. The minimum atomic E-state index is 0.204. The molecule has 0 unspecified atom stereocenters. The molecule has 0 spiro atoms. The van der Waals surface area contributed by atoms with Crippen LogP contribution in [0.2, 0.25) is 0 Å². The quantitative estimate of drug-likeness (QED) is 0.781. The van der Waals surface area contributed by atoms with Crippen molar-refractivity contribution in [2.24, 2.45) is 5.73 Å². The molecule has 0 atom stereocenters. The lowest BCUT2D eigenvalue weighted by molar-refractivity contribution is 0.307. The molecule has 5 heteroatoms. The average molecular weight is 304 g/mol. The summed E-state index contributed by atoms with van der Waals surface area (Å²) in [5.74, 6) is 1.67. The largest absolute Gasteiger partial charge is 0.493 e. The highest BCUT2D eigenvalue weighted by molar-refractivity contribution is 6.55. The first-order chi connectivity index (χ1) is 9.04. The molecule has 0 saturated heterocycles. The van der Waals surface area contributed by atoms with Crippen LogP contribution in [0.25, 0.3) is 0 Å². The lowest BCUT2D eigenvalue weighted by Crippen LogP contribution is -2.07. The second kappa shape index (κ2) is 8.31. The molecule has 2 N–H and O–H groups in total. The molecule has 19 heavy (non-hydrogen) atoms. The molecule has 1 aromatic carbocycles. The van der Waals surface area contributed by atoms with Gasteiger partial charge in [0.15, 0.2) is 0 Å². The molecule has 0 bridgehead atoms. The SMILES string of the molecule is Cc1cc(OCC=C(Cl)Cl)cc(C)c1OCCCN. The Labute approximate surface area is 124 Å². The number of hydrogen-bond acceptors (Lipinski definition) is 3. The highest BCUT2D eigenvalue weighted by atomic mass is 35.5. The summed E-state index contributed by atoms with van der Waals surface area (Å²) in [5, 5.41) is 0. The number of aryl methyl sites for hydroxylation is 2. The van der Waals surface area contributed by atoms with Crippen LogP contribution in [0, 0.1) is 13.8 Å². The van der Waals surface area contributed by atoms with Crippen molar-refractivity contribution in [1.29, 1.82) is 0 Å². The predicted octanol–water partition coefficient (Wildman–Crippen LogP) is 3.73. The summed E-state index contributed by atoms with van der Waals surface area (Å²) in [6.07, 6.45) is 2.44. The summed E-state index contributed by atoms with van der Waals surface area (Å²) in [7, 11) is 0. The number of rotatable bonds is 7. The molecule has 1 rings (SSSR count). The first kappa shape index (κ1) is 16.2. The molecule has 3 nitrogen and oxygen atoms in total. The lowest BCUT2D eigenvalue weighted by Gasteiger charge is -2.14. The molecule has 0 radical (unpaired) electrons. The Balaban J connectivity index is 2.70. The van der Waals surface area contributed by atoms with Gasteiger partial charge in [0.2, 0.25) is 0 Å². The zero-order valence-electron chi connectivity index (χ0n) is 11.2. The maximum atomic E-state index is 5.72. The van der Waals surface area contributed by atoms with E-state index in [1.807, 2.05) is 26.0 Å². The fourth-order valence-corrected chi connectivity index (χ4v) is 1.81.